The highest BCUT2D eigenvalue weighted by Crippen LogP contribution is 2.32. The van der Waals surface area contributed by atoms with Crippen molar-refractivity contribution < 1.29 is 17.9 Å². The number of ether oxygens (including phenoxy) is 1. The molecule has 3 rings (SSSR count). The Morgan fingerprint density at radius 2 is 1.77 bits per heavy atom. The van der Waals surface area contributed by atoms with Crippen molar-refractivity contribution in [3.05, 3.63) is 23.8 Å². The molecule has 2 fully saturated rings. The first kappa shape index (κ1) is 19.2. The van der Waals surface area contributed by atoms with Crippen molar-refractivity contribution in [2.24, 2.45) is 0 Å². The molecule has 2 saturated heterocycles. The third-order valence-corrected chi connectivity index (χ3v) is 7.42. The third kappa shape index (κ3) is 3.74. The zero-order chi connectivity index (χ0) is 18.7. The molecule has 0 radical (unpaired) electrons. The topological polar surface area (TPSA) is 66.9 Å². The van der Waals surface area contributed by atoms with E-state index in [2.05, 4.69) is 0 Å². The highest BCUT2D eigenvalue weighted by molar-refractivity contribution is 7.89. The van der Waals surface area contributed by atoms with Crippen LogP contribution in [-0.2, 0) is 10.0 Å². The van der Waals surface area contributed by atoms with Crippen LogP contribution in [0.2, 0.25) is 0 Å². The van der Waals surface area contributed by atoms with E-state index in [-0.39, 0.29) is 22.6 Å². The maximum Gasteiger partial charge on any atom is 0.253 e. The number of piperidine rings is 2. The summed E-state index contributed by atoms with van der Waals surface area (Å²) in [7, 11) is -2.24. The molecule has 144 valence electrons. The first-order chi connectivity index (χ1) is 12.4. The number of hydrogen-bond acceptors (Lipinski definition) is 4. The molecular weight excluding hydrogens is 352 g/mol. The van der Waals surface area contributed by atoms with Crippen LogP contribution < -0.4 is 4.74 Å². The number of nitrogens with zero attached hydrogens (tertiary/aromatic N) is 2. The van der Waals surface area contributed by atoms with Gasteiger partial charge in [0.1, 0.15) is 10.6 Å². The number of likely N-dealkylation sites (tertiary alicyclic amines) is 1. The van der Waals surface area contributed by atoms with Crippen LogP contribution in [0.5, 0.6) is 5.75 Å². The van der Waals surface area contributed by atoms with Crippen molar-refractivity contribution in [1.82, 2.24) is 9.21 Å². The standard InChI is InChI=1S/C19H28N2O4S/c1-15-8-4-7-13-21(15)26(23,24)18-14-16(9-10-17(18)25-2)19(22)20-11-5-3-6-12-20/h9-10,14-15H,3-8,11-13H2,1-2H3. The lowest BCUT2D eigenvalue weighted by Crippen LogP contribution is -2.42. The smallest absolute Gasteiger partial charge is 0.253 e. The summed E-state index contributed by atoms with van der Waals surface area (Å²) in [5.74, 6) is 0.188. The Bertz CT molecular complexity index is 757. The normalized spacial score (nSPS) is 22.2. The predicted molar refractivity (Wildman–Crippen MR) is 100.0 cm³/mol. The summed E-state index contributed by atoms with van der Waals surface area (Å²) < 4.78 is 33.4. The summed E-state index contributed by atoms with van der Waals surface area (Å²) >= 11 is 0. The van der Waals surface area contributed by atoms with Gasteiger partial charge in [-0.15, -0.1) is 0 Å². The number of amides is 1. The molecule has 7 heteroatoms. The van der Waals surface area contributed by atoms with Crippen molar-refractivity contribution in [1.29, 1.82) is 0 Å². The van der Waals surface area contributed by atoms with Crippen LogP contribution in [0.25, 0.3) is 0 Å². The minimum Gasteiger partial charge on any atom is -0.495 e. The largest absolute Gasteiger partial charge is 0.495 e. The molecule has 1 atom stereocenters. The van der Waals surface area contributed by atoms with E-state index >= 15 is 0 Å². The summed E-state index contributed by atoms with van der Waals surface area (Å²) in [6.07, 6.45) is 5.89. The monoisotopic (exact) mass is 380 g/mol. The van der Waals surface area contributed by atoms with Gasteiger partial charge in [-0.1, -0.05) is 6.42 Å². The lowest BCUT2D eigenvalue weighted by Gasteiger charge is -2.33. The van der Waals surface area contributed by atoms with Crippen LogP contribution >= 0.6 is 0 Å². The molecule has 1 aromatic carbocycles. The quantitative estimate of drug-likeness (QED) is 0.806. The van der Waals surface area contributed by atoms with Gasteiger partial charge in [0.05, 0.1) is 7.11 Å². The van der Waals surface area contributed by atoms with Crippen LogP contribution in [0.3, 0.4) is 0 Å². The van der Waals surface area contributed by atoms with Crippen molar-refractivity contribution in [3.8, 4) is 5.75 Å². The Hall–Kier alpha value is -1.60. The maximum atomic E-state index is 13.2. The molecule has 0 saturated carbocycles. The van der Waals surface area contributed by atoms with E-state index < -0.39 is 10.0 Å². The number of sulfonamides is 1. The van der Waals surface area contributed by atoms with Gasteiger partial charge < -0.3 is 9.64 Å². The molecule has 2 aliphatic rings. The molecule has 1 aromatic rings. The molecular formula is C19H28N2O4S. The van der Waals surface area contributed by atoms with E-state index in [1.165, 1.54) is 13.2 Å². The molecule has 0 aromatic heterocycles. The summed E-state index contributed by atoms with van der Waals surface area (Å²) in [5, 5.41) is 0. The molecule has 0 aliphatic carbocycles. The molecule has 0 spiro atoms. The Morgan fingerprint density at radius 3 is 2.42 bits per heavy atom. The summed E-state index contributed by atoms with van der Waals surface area (Å²) in [6, 6.07) is 4.71. The summed E-state index contributed by atoms with van der Waals surface area (Å²) in [5.41, 5.74) is 0.413. The van der Waals surface area contributed by atoms with Gasteiger partial charge in [0.25, 0.3) is 5.91 Å². The zero-order valence-electron chi connectivity index (χ0n) is 15.6. The van der Waals surface area contributed by atoms with Crippen molar-refractivity contribution in [2.45, 2.75) is 56.4 Å². The van der Waals surface area contributed by atoms with E-state index in [1.54, 1.807) is 16.4 Å². The Kier molecular flexibility index (Phi) is 5.87. The van der Waals surface area contributed by atoms with Gasteiger partial charge >= 0.3 is 0 Å². The number of methoxy groups -OCH3 is 1. The van der Waals surface area contributed by atoms with E-state index in [0.29, 0.717) is 12.1 Å². The lowest BCUT2D eigenvalue weighted by atomic mass is 10.1. The number of benzene rings is 1. The van der Waals surface area contributed by atoms with E-state index in [9.17, 15) is 13.2 Å². The minimum absolute atomic E-state index is 0.0418. The number of hydrogen-bond donors (Lipinski definition) is 0. The van der Waals surface area contributed by atoms with Crippen LogP contribution in [0.1, 0.15) is 55.8 Å². The van der Waals surface area contributed by atoms with Gasteiger partial charge in [0.15, 0.2) is 0 Å². The van der Waals surface area contributed by atoms with Crippen LogP contribution in [0.15, 0.2) is 23.1 Å². The van der Waals surface area contributed by atoms with Gasteiger partial charge in [-0.05, 0) is 57.2 Å². The molecule has 0 N–H and O–H groups in total. The van der Waals surface area contributed by atoms with Crippen LogP contribution in [0.4, 0.5) is 0 Å². The average Bonchev–Trinajstić information content (AvgIpc) is 2.67. The van der Waals surface area contributed by atoms with Gasteiger partial charge in [0, 0.05) is 31.2 Å². The molecule has 1 amide bonds. The zero-order valence-corrected chi connectivity index (χ0v) is 16.4. The van der Waals surface area contributed by atoms with Crippen LogP contribution in [-0.4, -0.2) is 56.3 Å². The fourth-order valence-corrected chi connectivity index (χ4v) is 5.73. The highest BCUT2D eigenvalue weighted by atomic mass is 32.2. The molecule has 6 nitrogen and oxygen atoms in total. The summed E-state index contributed by atoms with van der Waals surface area (Å²) in [4.78, 5) is 14.7. The molecule has 2 aliphatic heterocycles. The van der Waals surface area contributed by atoms with Gasteiger partial charge in [-0.2, -0.15) is 4.31 Å². The molecule has 2 heterocycles. The second-order valence-electron chi connectivity index (χ2n) is 7.18. The third-order valence-electron chi connectivity index (χ3n) is 5.38. The second-order valence-corrected chi connectivity index (χ2v) is 9.04. The van der Waals surface area contributed by atoms with E-state index in [0.717, 1.165) is 51.6 Å². The minimum atomic E-state index is -3.70. The summed E-state index contributed by atoms with van der Waals surface area (Å²) in [6.45, 7) is 3.91. The van der Waals surface area contributed by atoms with Gasteiger partial charge in [-0.3, -0.25) is 4.79 Å². The van der Waals surface area contributed by atoms with Crippen molar-refractivity contribution in [2.75, 3.05) is 26.7 Å². The Balaban J connectivity index is 1.96. The second kappa shape index (κ2) is 7.96. The predicted octanol–water partition coefficient (Wildman–Crippen LogP) is 2.88. The van der Waals surface area contributed by atoms with Crippen molar-refractivity contribution >= 4 is 15.9 Å². The van der Waals surface area contributed by atoms with Gasteiger partial charge in [-0.25, -0.2) is 8.42 Å². The highest BCUT2D eigenvalue weighted by Gasteiger charge is 2.34. The van der Waals surface area contributed by atoms with Crippen molar-refractivity contribution in [3.63, 3.8) is 0 Å². The number of carbonyl (C=O) groups excluding carboxylic acids is 1. The molecule has 0 bridgehead atoms. The first-order valence-corrected chi connectivity index (χ1v) is 10.9. The fraction of sp³-hybridized carbons (Fsp3) is 0.632. The van der Waals surface area contributed by atoms with Crippen LogP contribution in [0, 0.1) is 0 Å². The number of rotatable bonds is 4. The Morgan fingerprint density at radius 1 is 1.08 bits per heavy atom. The fourth-order valence-electron chi connectivity index (χ4n) is 3.85. The SMILES string of the molecule is COc1ccc(C(=O)N2CCCCC2)cc1S(=O)(=O)N1CCCCC1C. The molecule has 26 heavy (non-hydrogen) atoms. The Labute approximate surface area is 156 Å². The maximum absolute atomic E-state index is 13.2. The first-order valence-electron chi connectivity index (χ1n) is 9.44. The number of carbonyl (C=O) groups is 1. The molecule has 1 unspecified atom stereocenters. The van der Waals surface area contributed by atoms with Gasteiger partial charge in [0.2, 0.25) is 10.0 Å². The average molecular weight is 381 g/mol. The van der Waals surface area contributed by atoms with E-state index in [4.69, 9.17) is 4.74 Å². The lowest BCUT2D eigenvalue weighted by molar-refractivity contribution is 0.0724. The van der Waals surface area contributed by atoms with E-state index in [1.807, 2.05) is 11.8 Å².